The van der Waals surface area contributed by atoms with Crippen molar-refractivity contribution in [3.8, 4) is 10.6 Å². The van der Waals surface area contributed by atoms with Crippen LogP contribution in [0.4, 0.5) is 0 Å². The first-order chi connectivity index (χ1) is 10.6. The summed E-state index contributed by atoms with van der Waals surface area (Å²) in [6.07, 6.45) is 5.53. The number of pyridine rings is 1. The summed E-state index contributed by atoms with van der Waals surface area (Å²) < 4.78 is 0. The molecule has 2 aromatic rings. The van der Waals surface area contributed by atoms with Crippen LogP contribution in [0.5, 0.6) is 0 Å². The molecule has 0 bridgehead atoms. The fraction of sp³-hybridized carbons (Fsp3) is 0.438. The molecule has 1 saturated heterocycles. The first kappa shape index (κ1) is 15.1. The Kier molecular flexibility index (Phi) is 4.49. The van der Waals surface area contributed by atoms with Gasteiger partial charge in [-0.15, -0.1) is 11.3 Å². The third-order valence-corrected chi connectivity index (χ3v) is 5.17. The summed E-state index contributed by atoms with van der Waals surface area (Å²) >= 11 is 1.44. The van der Waals surface area contributed by atoms with Crippen molar-refractivity contribution >= 4 is 17.2 Å². The van der Waals surface area contributed by atoms with Gasteiger partial charge in [0.1, 0.15) is 9.88 Å². The van der Waals surface area contributed by atoms with E-state index >= 15 is 0 Å². The number of nitrogens with zero attached hydrogens (tertiary/aromatic N) is 3. The van der Waals surface area contributed by atoms with E-state index in [0.717, 1.165) is 42.2 Å². The van der Waals surface area contributed by atoms with Gasteiger partial charge in [-0.1, -0.05) is 0 Å². The van der Waals surface area contributed by atoms with E-state index in [0.29, 0.717) is 4.88 Å². The molecule has 0 aliphatic carbocycles. The first-order valence-corrected chi connectivity index (χ1v) is 8.32. The number of carbonyl (C=O) groups is 1. The van der Waals surface area contributed by atoms with Crippen LogP contribution in [-0.4, -0.2) is 47.0 Å². The van der Waals surface area contributed by atoms with Gasteiger partial charge in [-0.3, -0.25) is 9.78 Å². The molecular formula is C16H20N4OS. The number of amides is 1. The minimum absolute atomic E-state index is 0.000284. The average molecular weight is 316 g/mol. The van der Waals surface area contributed by atoms with Gasteiger partial charge in [-0.05, 0) is 52.0 Å². The van der Waals surface area contributed by atoms with E-state index in [4.69, 9.17) is 0 Å². The second-order valence-electron chi connectivity index (χ2n) is 5.73. The van der Waals surface area contributed by atoms with Crippen molar-refractivity contribution in [1.82, 2.24) is 20.2 Å². The highest BCUT2D eigenvalue weighted by Gasteiger charge is 2.22. The zero-order chi connectivity index (χ0) is 15.5. The number of hydrogen-bond acceptors (Lipinski definition) is 5. The Balaban J connectivity index is 1.72. The average Bonchev–Trinajstić information content (AvgIpc) is 2.92. The summed E-state index contributed by atoms with van der Waals surface area (Å²) in [5, 5.41) is 4.00. The van der Waals surface area contributed by atoms with Crippen LogP contribution in [0.3, 0.4) is 0 Å². The summed E-state index contributed by atoms with van der Waals surface area (Å²) in [5.74, 6) is -0.000284. The minimum Gasteiger partial charge on any atom is -0.348 e. The Morgan fingerprint density at radius 2 is 2.18 bits per heavy atom. The molecule has 3 heterocycles. The van der Waals surface area contributed by atoms with Gasteiger partial charge in [0.05, 0.1) is 5.69 Å². The minimum atomic E-state index is -0.000284. The van der Waals surface area contributed by atoms with Crippen molar-refractivity contribution in [2.45, 2.75) is 25.8 Å². The SMILES string of the molecule is Cc1nc(-c2cccnc2)sc1C(=O)NC1CCN(C)CC1. The predicted octanol–water partition coefficient (Wildman–Crippen LogP) is 2.34. The number of hydrogen-bond donors (Lipinski definition) is 1. The molecule has 0 aromatic carbocycles. The summed E-state index contributed by atoms with van der Waals surface area (Å²) in [6, 6.07) is 4.11. The van der Waals surface area contributed by atoms with E-state index in [1.165, 1.54) is 11.3 Å². The van der Waals surface area contributed by atoms with Crippen LogP contribution >= 0.6 is 11.3 Å². The lowest BCUT2D eigenvalue weighted by Crippen LogP contribution is -2.43. The Hall–Kier alpha value is -1.79. The van der Waals surface area contributed by atoms with Gasteiger partial charge in [0.25, 0.3) is 5.91 Å². The number of likely N-dealkylation sites (tertiary alicyclic amines) is 1. The van der Waals surface area contributed by atoms with Crippen LogP contribution in [0.1, 0.15) is 28.2 Å². The van der Waals surface area contributed by atoms with Gasteiger partial charge in [-0.25, -0.2) is 4.98 Å². The summed E-state index contributed by atoms with van der Waals surface area (Å²) in [5.41, 5.74) is 1.74. The smallest absolute Gasteiger partial charge is 0.263 e. The standard InChI is InChI=1S/C16H20N4OS/c1-11-14(15(21)19-13-5-8-20(2)9-6-13)22-16(18-11)12-4-3-7-17-10-12/h3-4,7,10,13H,5-6,8-9H2,1-2H3,(H,19,21). The van der Waals surface area contributed by atoms with Crippen LogP contribution in [0.15, 0.2) is 24.5 Å². The highest BCUT2D eigenvalue weighted by atomic mass is 32.1. The van der Waals surface area contributed by atoms with Crippen LogP contribution in [0.25, 0.3) is 10.6 Å². The third-order valence-electron chi connectivity index (χ3n) is 3.97. The van der Waals surface area contributed by atoms with Gasteiger partial charge in [0, 0.05) is 24.0 Å². The van der Waals surface area contributed by atoms with Crippen molar-refractivity contribution in [1.29, 1.82) is 0 Å². The van der Waals surface area contributed by atoms with Gasteiger partial charge < -0.3 is 10.2 Å². The van der Waals surface area contributed by atoms with Crippen molar-refractivity contribution in [3.05, 3.63) is 35.1 Å². The number of carbonyl (C=O) groups excluding carboxylic acids is 1. The van der Waals surface area contributed by atoms with E-state index in [-0.39, 0.29) is 11.9 Å². The van der Waals surface area contributed by atoms with Crippen LogP contribution in [0, 0.1) is 6.92 Å². The molecule has 5 nitrogen and oxygen atoms in total. The van der Waals surface area contributed by atoms with Crippen LogP contribution in [0.2, 0.25) is 0 Å². The van der Waals surface area contributed by atoms with E-state index in [1.807, 2.05) is 19.1 Å². The molecule has 2 aromatic heterocycles. The quantitative estimate of drug-likeness (QED) is 0.944. The van der Waals surface area contributed by atoms with E-state index in [2.05, 4.69) is 27.2 Å². The van der Waals surface area contributed by atoms with Crippen molar-refractivity contribution in [2.24, 2.45) is 0 Å². The maximum Gasteiger partial charge on any atom is 0.263 e. The maximum absolute atomic E-state index is 12.5. The molecule has 1 aliphatic rings. The fourth-order valence-electron chi connectivity index (χ4n) is 2.62. The zero-order valence-electron chi connectivity index (χ0n) is 12.9. The Morgan fingerprint density at radius 3 is 2.86 bits per heavy atom. The van der Waals surface area contributed by atoms with Gasteiger partial charge >= 0.3 is 0 Å². The number of aryl methyl sites for hydroxylation is 1. The molecule has 22 heavy (non-hydrogen) atoms. The molecule has 1 fully saturated rings. The zero-order valence-corrected chi connectivity index (χ0v) is 13.7. The largest absolute Gasteiger partial charge is 0.348 e. The highest BCUT2D eigenvalue weighted by Crippen LogP contribution is 2.27. The lowest BCUT2D eigenvalue weighted by atomic mass is 10.1. The second-order valence-corrected chi connectivity index (χ2v) is 6.73. The number of rotatable bonds is 3. The molecule has 0 spiro atoms. The third kappa shape index (κ3) is 3.34. The number of piperidine rings is 1. The number of nitrogens with one attached hydrogen (secondary N) is 1. The molecule has 0 atom stereocenters. The van der Waals surface area contributed by atoms with E-state index in [9.17, 15) is 4.79 Å². The van der Waals surface area contributed by atoms with Crippen LogP contribution in [-0.2, 0) is 0 Å². The summed E-state index contributed by atoms with van der Waals surface area (Å²) in [6.45, 7) is 3.96. The Morgan fingerprint density at radius 1 is 1.41 bits per heavy atom. The number of thiazole rings is 1. The first-order valence-electron chi connectivity index (χ1n) is 7.50. The molecule has 0 radical (unpaired) electrons. The molecule has 6 heteroatoms. The normalized spacial score (nSPS) is 16.6. The topological polar surface area (TPSA) is 58.1 Å². The summed E-state index contributed by atoms with van der Waals surface area (Å²) in [4.78, 5) is 24.1. The maximum atomic E-state index is 12.5. The molecule has 1 N–H and O–H groups in total. The lowest BCUT2D eigenvalue weighted by Gasteiger charge is -2.29. The Bertz CT molecular complexity index is 647. The number of aromatic nitrogens is 2. The monoisotopic (exact) mass is 316 g/mol. The lowest BCUT2D eigenvalue weighted by molar-refractivity contribution is 0.0920. The van der Waals surface area contributed by atoms with Crippen LogP contribution < -0.4 is 5.32 Å². The molecular weight excluding hydrogens is 296 g/mol. The van der Waals surface area contributed by atoms with Gasteiger partial charge in [0.2, 0.25) is 0 Å². The van der Waals surface area contributed by atoms with E-state index < -0.39 is 0 Å². The molecule has 3 rings (SSSR count). The molecule has 0 unspecified atom stereocenters. The molecule has 1 amide bonds. The second kappa shape index (κ2) is 6.54. The van der Waals surface area contributed by atoms with Crippen molar-refractivity contribution in [2.75, 3.05) is 20.1 Å². The molecule has 1 aliphatic heterocycles. The highest BCUT2D eigenvalue weighted by molar-refractivity contribution is 7.17. The van der Waals surface area contributed by atoms with Crippen molar-refractivity contribution in [3.63, 3.8) is 0 Å². The molecule has 0 saturated carbocycles. The van der Waals surface area contributed by atoms with Gasteiger partial charge in [0.15, 0.2) is 0 Å². The molecule has 116 valence electrons. The predicted molar refractivity (Wildman–Crippen MR) is 88.1 cm³/mol. The Labute approximate surface area is 134 Å². The summed E-state index contributed by atoms with van der Waals surface area (Å²) in [7, 11) is 2.12. The van der Waals surface area contributed by atoms with E-state index in [1.54, 1.807) is 12.4 Å². The van der Waals surface area contributed by atoms with Gasteiger partial charge in [-0.2, -0.15) is 0 Å². The fourth-order valence-corrected chi connectivity index (χ4v) is 3.58. The van der Waals surface area contributed by atoms with Crippen molar-refractivity contribution < 1.29 is 4.79 Å².